The number of aryl methyl sites for hydroxylation is 1. The Kier molecular flexibility index (Phi) is 7.09. The van der Waals surface area contributed by atoms with E-state index in [1.807, 2.05) is 0 Å². The molecule has 1 atom stereocenters. The number of hydrogen-bond donors (Lipinski definition) is 1. The van der Waals surface area contributed by atoms with Crippen molar-refractivity contribution in [2.75, 3.05) is 6.61 Å². The van der Waals surface area contributed by atoms with Crippen molar-refractivity contribution in [3.63, 3.8) is 0 Å². The van der Waals surface area contributed by atoms with E-state index in [0.717, 1.165) is 47.8 Å². The van der Waals surface area contributed by atoms with Crippen LogP contribution >= 0.6 is 0 Å². The lowest BCUT2D eigenvalue weighted by Crippen LogP contribution is -2.32. The van der Waals surface area contributed by atoms with E-state index in [1.165, 1.54) is 12.1 Å². The van der Waals surface area contributed by atoms with E-state index in [0.29, 0.717) is 13.0 Å². The maximum atomic E-state index is 14.7. The Morgan fingerprint density at radius 1 is 1.24 bits per heavy atom. The summed E-state index contributed by atoms with van der Waals surface area (Å²) in [4.78, 5) is 34.7. The number of hydroxylamine groups is 1. The first kappa shape index (κ1) is 23.7. The number of benzene rings is 2. The maximum absolute atomic E-state index is 14.7. The highest BCUT2D eigenvalue weighted by Crippen LogP contribution is 2.22. The molecule has 0 aliphatic carbocycles. The van der Waals surface area contributed by atoms with Gasteiger partial charge >= 0.3 is 0 Å². The summed E-state index contributed by atoms with van der Waals surface area (Å²) in [6.45, 7) is 2.20. The first-order valence-corrected chi connectivity index (χ1v) is 10.8. The van der Waals surface area contributed by atoms with E-state index in [4.69, 9.17) is 9.57 Å². The van der Waals surface area contributed by atoms with Gasteiger partial charge in [0.05, 0.1) is 10.9 Å². The molecule has 34 heavy (non-hydrogen) atoms. The molecule has 7 nitrogen and oxygen atoms in total. The van der Waals surface area contributed by atoms with E-state index in [2.05, 4.69) is 10.5 Å². The van der Waals surface area contributed by atoms with Gasteiger partial charge in [-0.3, -0.25) is 14.2 Å². The van der Waals surface area contributed by atoms with Crippen LogP contribution in [0.25, 0.3) is 22.7 Å². The van der Waals surface area contributed by atoms with E-state index in [9.17, 15) is 22.8 Å². The Hall–Kier alpha value is -3.50. The molecule has 2 aromatic carbocycles. The van der Waals surface area contributed by atoms with Crippen LogP contribution in [0.1, 0.15) is 37.6 Å². The molecule has 1 unspecified atom stereocenters. The smallest absolute Gasteiger partial charge is 0.267 e. The van der Waals surface area contributed by atoms with Gasteiger partial charge in [0, 0.05) is 37.2 Å². The van der Waals surface area contributed by atoms with Gasteiger partial charge in [0.25, 0.3) is 11.5 Å². The molecule has 2 heterocycles. The summed E-state index contributed by atoms with van der Waals surface area (Å²) in [6, 6.07) is 5.48. The van der Waals surface area contributed by atoms with Crippen LogP contribution in [0.15, 0.2) is 41.2 Å². The first-order chi connectivity index (χ1) is 16.4. The number of aromatic nitrogens is 2. The number of halogens is 3. The van der Waals surface area contributed by atoms with Gasteiger partial charge in [0.1, 0.15) is 29.0 Å². The summed E-state index contributed by atoms with van der Waals surface area (Å²) in [7, 11) is 0. The molecule has 1 N–H and O–H groups in total. The number of fused-ring (bicyclic) bond motifs is 1. The number of rotatable bonds is 6. The molecule has 10 heteroatoms. The van der Waals surface area contributed by atoms with Crippen LogP contribution in [0.4, 0.5) is 13.2 Å². The molecule has 1 fully saturated rings. The molecule has 1 aliphatic rings. The predicted molar refractivity (Wildman–Crippen MR) is 118 cm³/mol. The van der Waals surface area contributed by atoms with Crippen molar-refractivity contribution in [1.82, 2.24) is 15.0 Å². The highest BCUT2D eigenvalue weighted by Gasteiger charge is 2.19. The Balaban J connectivity index is 1.68. The summed E-state index contributed by atoms with van der Waals surface area (Å²) in [5.74, 6) is -3.17. The normalized spacial score (nSPS) is 16.3. The Morgan fingerprint density at radius 2 is 2.00 bits per heavy atom. The van der Waals surface area contributed by atoms with Crippen molar-refractivity contribution in [3.8, 4) is 5.69 Å². The van der Waals surface area contributed by atoms with Crippen molar-refractivity contribution in [2.24, 2.45) is 0 Å². The molecular formula is C24H22F3N3O4. The third-order valence-electron chi connectivity index (χ3n) is 5.38. The molecular weight excluding hydrogens is 451 g/mol. The standard InChI is InChI=1S/C24H22F3N3O4/c1-2-20-28-19-13-18(27)14(9-10-21(31)29-34-22-8-3-4-11-33-22)12-15(19)24(32)30(20)23-16(25)6-5-7-17(23)26/h5-7,9-10,12-13,22H,2-4,8,11H2,1H3,(H,29,31)/b10-9+. The zero-order valence-corrected chi connectivity index (χ0v) is 18.3. The molecule has 1 amide bonds. The van der Waals surface area contributed by atoms with Crippen LogP contribution in [0.2, 0.25) is 0 Å². The Bertz CT molecular complexity index is 1300. The highest BCUT2D eigenvalue weighted by molar-refractivity contribution is 5.92. The minimum Gasteiger partial charge on any atom is -0.350 e. The van der Waals surface area contributed by atoms with Gasteiger partial charge in [0.2, 0.25) is 0 Å². The van der Waals surface area contributed by atoms with Crippen LogP contribution in [-0.2, 0) is 20.8 Å². The fourth-order valence-corrected chi connectivity index (χ4v) is 3.70. The van der Waals surface area contributed by atoms with Crippen LogP contribution in [-0.4, -0.2) is 28.4 Å². The summed E-state index contributed by atoms with van der Waals surface area (Å²) >= 11 is 0. The fourth-order valence-electron chi connectivity index (χ4n) is 3.70. The third kappa shape index (κ3) is 4.87. The maximum Gasteiger partial charge on any atom is 0.267 e. The highest BCUT2D eigenvalue weighted by atomic mass is 19.1. The molecule has 0 bridgehead atoms. The van der Waals surface area contributed by atoms with Crippen LogP contribution < -0.4 is 11.0 Å². The molecule has 3 aromatic rings. The summed E-state index contributed by atoms with van der Waals surface area (Å²) < 4.78 is 49.7. The molecule has 1 aromatic heterocycles. The monoisotopic (exact) mass is 473 g/mol. The van der Waals surface area contributed by atoms with E-state index < -0.39 is 40.9 Å². The molecule has 0 radical (unpaired) electrons. The Morgan fingerprint density at radius 3 is 2.68 bits per heavy atom. The fraction of sp³-hybridized carbons (Fsp3) is 0.292. The average Bonchev–Trinajstić information content (AvgIpc) is 2.83. The minimum absolute atomic E-state index is 0.0340. The van der Waals surface area contributed by atoms with Gasteiger partial charge in [-0.1, -0.05) is 13.0 Å². The number of amides is 1. The molecule has 178 valence electrons. The van der Waals surface area contributed by atoms with Gasteiger partial charge in [0.15, 0.2) is 6.29 Å². The molecule has 0 saturated carbocycles. The Labute approximate surface area is 192 Å². The van der Waals surface area contributed by atoms with Gasteiger partial charge in [-0.25, -0.2) is 28.5 Å². The number of para-hydroxylation sites is 1. The average molecular weight is 473 g/mol. The van der Waals surface area contributed by atoms with Crippen molar-refractivity contribution in [2.45, 2.75) is 38.9 Å². The number of carbonyl (C=O) groups excluding carboxylic acids is 1. The number of ether oxygens (including phenoxy) is 1. The third-order valence-corrected chi connectivity index (χ3v) is 5.38. The lowest BCUT2D eigenvalue weighted by atomic mass is 10.1. The predicted octanol–water partition coefficient (Wildman–Crippen LogP) is 3.95. The quantitative estimate of drug-likeness (QED) is 0.433. The van der Waals surface area contributed by atoms with Crippen molar-refractivity contribution < 1.29 is 27.5 Å². The number of nitrogens with one attached hydrogen (secondary N) is 1. The van der Waals surface area contributed by atoms with Crippen LogP contribution in [0.5, 0.6) is 0 Å². The number of hydrogen-bond acceptors (Lipinski definition) is 5. The minimum atomic E-state index is -0.932. The lowest BCUT2D eigenvalue weighted by molar-refractivity contribution is -0.198. The van der Waals surface area contributed by atoms with Crippen molar-refractivity contribution >= 4 is 22.9 Å². The summed E-state index contributed by atoms with van der Waals surface area (Å²) in [6.07, 6.45) is 4.32. The first-order valence-electron chi connectivity index (χ1n) is 10.8. The number of nitrogens with zero attached hydrogens (tertiary/aromatic N) is 2. The SMILES string of the molecule is CCc1nc2cc(F)c(/C=C/C(=O)NOC3CCCCO3)cc2c(=O)n1-c1c(F)cccc1F. The van der Waals surface area contributed by atoms with E-state index >= 15 is 0 Å². The van der Waals surface area contributed by atoms with Gasteiger partial charge in [-0.15, -0.1) is 0 Å². The van der Waals surface area contributed by atoms with Gasteiger partial charge < -0.3 is 4.74 Å². The van der Waals surface area contributed by atoms with Crippen LogP contribution in [0.3, 0.4) is 0 Å². The summed E-state index contributed by atoms with van der Waals surface area (Å²) in [5, 5.41) is -0.0619. The van der Waals surface area contributed by atoms with E-state index in [-0.39, 0.29) is 28.7 Å². The van der Waals surface area contributed by atoms with Gasteiger partial charge in [-0.2, -0.15) is 0 Å². The molecule has 4 rings (SSSR count). The largest absolute Gasteiger partial charge is 0.350 e. The van der Waals surface area contributed by atoms with E-state index in [1.54, 1.807) is 6.92 Å². The topological polar surface area (TPSA) is 82.5 Å². The molecule has 1 saturated heterocycles. The van der Waals surface area contributed by atoms with Crippen LogP contribution in [0, 0.1) is 17.5 Å². The zero-order valence-electron chi connectivity index (χ0n) is 18.3. The number of carbonyl (C=O) groups is 1. The zero-order chi connectivity index (χ0) is 24.2. The second kappa shape index (κ2) is 10.2. The lowest BCUT2D eigenvalue weighted by Gasteiger charge is -2.21. The van der Waals surface area contributed by atoms with Crippen molar-refractivity contribution in [3.05, 3.63) is 75.6 Å². The van der Waals surface area contributed by atoms with Gasteiger partial charge in [-0.05, 0) is 37.1 Å². The molecule has 0 spiro atoms. The summed E-state index contributed by atoms with van der Waals surface area (Å²) in [5.41, 5.74) is 0.850. The second-order valence-electron chi connectivity index (χ2n) is 7.70. The second-order valence-corrected chi connectivity index (χ2v) is 7.70. The molecule has 1 aliphatic heterocycles. The van der Waals surface area contributed by atoms with Crippen molar-refractivity contribution in [1.29, 1.82) is 0 Å².